The summed E-state index contributed by atoms with van der Waals surface area (Å²) >= 11 is 0. The van der Waals surface area contributed by atoms with E-state index in [0.717, 1.165) is 18.8 Å². The summed E-state index contributed by atoms with van der Waals surface area (Å²) in [4.78, 5) is 2.49. The Labute approximate surface area is 96.9 Å². The Hall–Kier alpha value is -0.870. The van der Waals surface area contributed by atoms with E-state index in [2.05, 4.69) is 10.00 Å². The Balaban J connectivity index is 1.79. The summed E-state index contributed by atoms with van der Waals surface area (Å²) < 4.78 is 1.93. The van der Waals surface area contributed by atoms with Gasteiger partial charge in [-0.1, -0.05) is 6.42 Å². The van der Waals surface area contributed by atoms with Crippen molar-refractivity contribution >= 4 is 0 Å². The van der Waals surface area contributed by atoms with Gasteiger partial charge < -0.3 is 10.0 Å². The van der Waals surface area contributed by atoms with Gasteiger partial charge in [0.15, 0.2) is 0 Å². The largest absolute Gasteiger partial charge is 0.387 e. The lowest BCUT2D eigenvalue weighted by Gasteiger charge is -2.26. The molecule has 1 fully saturated rings. The van der Waals surface area contributed by atoms with Crippen molar-refractivity contribution in [3.63, 3.8) is 0 Å². The van der Waals surface area contributed by atoms with E-state index in [4.69, 9.17) is 0 Å². The molecular formula is C12H21N3O. The fraction of sp³-hybridized carbons (Fsp3) is 0.750. The number of aliphatic hydroxyl groups excluding tert-OH is 1. The molecule has 90 valence electrons. The standard InChI is InChI=1S/C12H21N3O/c1-11(16)12-5-8-15(13-12)10-9-14-6-3-2-4-7-14/h5,8,11,16H,2-4,6-7,9-10H2,1H3/t11-/m1/s1. The lowest BCUT2D eigenvalue weighted by atomic mass is 10.1. The number of hydrogen-bond donors (Lipinski definition) is 1. The second-order valence-corrected chi connectivity index (χ2v) is 4.58. The Morgan fingerprint density at radius 3 is 2.69 bits per heavy atom. The Bertz CT molecular complexity index is 316. The van der Waals surface area contributed by atoms with Crippen LogP contribution in [0.2, 0.25) is 0 Å². The summed E-state index contributed by atoms with van der Waals surface area (Å²) in [6.45, 7) is 6.19. The van der Waals surface area contributed by atoms with Crippen LogP contribution in [0.25, 0.3) is 0 Å². The molecule has 1 aliphatic rings. The van der Waals surface area contributed by atoms with Crippen LogP contribution < -0.4 is 0 Å². The van der Waals surface area contributed by atoms with Gasteiger partial charge in [-0.05, 0) is 38.9 Å². The highest BCUT2D eigenvalue weighted by Crippen LogP contribution is 2.10. The van der Waals surface area contributed by atoms with Crippen molar-refractivity contribution in [3.05, 3.63) is 18.0 Å². The zero-order valence-corrected chi connectivity index (χ0v) is 9.97. The number of aliphatic hydroxyl groups is 1. The summed E-state index contributed by atoms with van der Waals surface area (Å²) in [5.74, 6) is 0. The van der Waals surface area contributed by atoms with Gasteiger partial charge in [-0.2, -0.15) is 5.10 Å². The second kappa shape index (κ2) is 5.46. The highest BCUT2D eigenvalue weighted by molar-refractivity contribution is 5.01. The summed E-state index contributed by atoms with van der Waals surface area (Å²) in [7, 11) is 0. The molecule has 0 bridgehead atoms. The average molecular weight is 223 g/mol. The van der Waals surface area contributed by atoms with Crippen LogP contribution in [0.4, 0.5) is 0 Å². The first-order chi connectivity index (χ1) is 7.75. The van der Waals surface area contributed by atoms with Crippen molar-refractivity contribution in [1.82, 2.24) is 14.7 Å². The van der Waals surface area contributed by atoms with Gasteiger partial charge in [0.2, 0.25) is 0 Å². The fourth-order valence-electron chi connectivity index (χ4n) is 2.15. The summed E-state index contributed by atoms with van der Waals surface area (Å²) in [5, 5.41) is 13.7. The third kappa shape index (κ3) is 3.06. The predicted octanol–water partition coefficient (Wildman–Crippen LogP) is 1.42. The van der Waals surface area contributed by atoms with Crippen molar-refractivity contribution in [1.29, 1.82) is 0 Å². The molecule has 2 rings (SSSR count). The molecule has 2 heterocycles. The molecule has 16 heavy (non-hydrogen) atoms. The molecule has 1 N–H and O–H groups in total. The highest BCUT2D eigenvalue weighted by atomic mass is 16.3. The van der Waals surface area contributed by atoms with E-state index in [1.165, 1.54) is 32.4 Å². The third-order valence-corrected chi connectivity index (χ3v) is 3.18. The van der Waals surface area contributed by atoms with Crippen molar-refractivity contribution in [3.8, 4) is 0 Å². The van der Waals surface area contributed by atoms with Gasteiger partial charge >= 0.3 is 0 Å². The van der Waals surface area contributed by atoms with E-state index in [0.29, 0.717) is 0 Å². The maximum Gasteiger partial charge on any atom is 0.0950 e. The maximum absolute atomic E-state index is 9.37. The van der Waals surface area contributed by atoms with Crippen LogP contribution in [0.1, 0.15) is 38.0 Å². The Kier molecular flexibility index (Phi) is 3.96. The molecule has 0 aromatic carbocycles. The minimum Gasteiger partial charge on any atom is -0.387 e. The molecular weight excluding hydrogens is 202 g/mol. The van der Waals surface area contributed by atoms with Crippen molar-refractivity contribution < 1.29 is 5.11 Å². The summed E-state index contributed by atoms with van der Waals surface area (Å²) in [6, 6.07) is 1.89. The van der Waals surface area contributed by atoms with Gasteiger partial charge in [0.25, 0.3) is 0 Å². The Morgan fingerprint density at radius 1 is 1.31 bits per heavy atom. The predicted molar refractivity (Wildman–Crippen MR) is 63.2 cm³/mol. The Morgan fingerprint density at radius 2 is 2.06 bits per heavy atom. The van der Waals surface area contributed by atoms with E-state index in [-0.39, 0.29) is 0 Å². The first-order valence-electron chi connectivity index (χ1n) is 6.19. The molecule has 0 unspecified atom stereocenters. The third-order valence-electron chi connectivity index (χ3n) is 3.18. The van der Waals surface area contributed by atoms with Crippen molar-refractivity contribution in [2.75, 3.05) is 19.6 Å². The van der Waals surface area contributed by atoms with Gasteiger partial charge in [-0.3, -0.25) is 4.68 Å². The van der Waals surface area contributed by atoms with Gasteiger partial charge in [-0.25, -0.2) is 0 Å². The van der Waals surface area contributed by atoms with Crippen LogP contribution in [0.3, 0.4) is 0 Å². The first-order valence-corrected chi connectivity index (χ1v) is 6.19. The normalized spacial score (nSPS) is 19.9. The highest BCUT2D eigenvalue weighted by Gasteiger charge is 2.10. The lowest BCUT2D eigenvalue weighted by Crippen LogP contribution is -2.32. The topological polar surface area (TPSA) is 41.3 Å². The quantitative estimate of drug-likeness (QED) is 0.839. The average Bonchev–Trinajstić information content (AvgIpc) is 2.76. The first kappa shape index (κ1) is 11.6. The monoisotopic (exact) mass is 223 g/mol. The van der Waals surface area contributed by atoms with Crippen LogP contribution >= 0.6 is 0 Å². The maximum atomic E-state index is 9.37. The van der Waals surface area contributed by atoms with Gasteiger partial charge in [0, 0.05) is 12.7 Å². The van der Waals surface area contributed by atoms with Crippen LogP contribution in [0, 0.1) is 0 Å². The van der Waals surface area contributed by atoms with Crippen LogP contribution in [0.15, 0.2) is 12.3 Å². The van der Waals surface area contributed by atoms with E-state index in [9.17, 15) is 5.11 Å². The SMILES string of the molecule is C[C@@H](O)c1ccn(CCN2CCCCC2)n1. The lowest BCUT2D eigenvalue weighted by molar-refractivity contribution is 0.191. The molecule has 0 spiro atoms. The second-order valence-electron chi connectivity index (χ2n) is 4.58. The zero-order valence-electron chi connectivity index (χ0n) is 9.97. The van der Waals surface area contributed by atoms with Gasteiger partial charge in [-0.15, -0.1) is 0 Å². The number of piperidine rings is 1. The zero-order chi connectivity index (χ0) is 11.4. The van der Waals surface area contributed by atoms with Crippen molar-refractivity contribution in [2.24, 2.45) is 0 Å². The van der Waals surface area contributed by atoms with Crippen LogP contribution in [0.5, 0.6) is 0 Å². The molecule has 1 saturated heterocycles. The molecule has 0 saturated carbocycles. The van der Waals surface area contributed by atoms with Crippen molar-refractivity contribution in [2.45, 2.75) is 38.8 Å². The number of aromatic nitrogens is 2. The van der Waals surface area contributed by atoms with Gasteiger partial charge in [0.05, 0.1) is 18.3 Å². The molecule has 0 aliphatic carbocycles. The smallest absolute Gasteiger partial charge is 0.0950 e. The number of likely N-dealkylation sites (tertiary alicyclic amines) is 1. The minimum atomic E-state index is -0.462. The molecule has 4 heteroatoms. The van der Waals surface area contributed by atoms with E-state index < -0.39 is 6.10 Å². The minimum absolute atomic E-state index is 0.462. The molecule has 1 aromatic heterocycles. The molecule has 0 amide bonds. The number of rotatable bonds is 4. The van der Waals surface area contributed by atoms with E-state index in [1.807, 2.05) is 16.9 Å². The molecule has 0 radical (unpaired) electrons. The van der Waals surface area contributed by atoms with Crippen LogP contribution in [-0.4, -0.2) is 39.4 Å². The summed E-state index contributed by atoms with van der Waals surface area (Å²) in [5.41, 5.74) is 0.763. The molecule has 1 atom stereocenters. The van der Waals surface area contributed by atoms with Gasteiger partial charge in [0.1, 0.15) is 0 Å². The van der Waals surface area contributed by atoms with E-state index in [1.54, 1.807) is 6.92 Å². The summed E-state index contributed by atoms with van der Waals surface area (Å²) in [6.07, 6.45) is 5.53. The van der Waals surface area contributed by atoms with Crippen LogP contribution in [-0.2, 0) is 6.54 Å². The number of nitrogens with zero attached hydrogens (tertiary/aromatic N) is 3. The molecule has 1 aliphatic heterocycles. The van der Waals surface area contributed by atoms with E-state index >= 15 is 0 Å². The number of hydrogen-bond acceptors (Lipinski definition) is 3. The fourth-order valence-corrected chi connectivity index (χ4v) is 2.15. The molecule has 4 nitrogen and oxygen atoms in total. The molecule has 1 aromatic rings.